The van der Waals surface area contributed by atoms with E-state index < -0.39 is 0 Å². The van der Waals surface area contributed by atoms with E-state index in [0.29, 0.717) is 5.92 Å². The van der Waals surface area contributed by atoms with Crippen molar-refractivity contribution in [2.45, 2.75) is 76.2 Å². The number of fused-ring (bicyclic) bond motifs is 3. The number of nitrogens with two attached hydrogens (primary N) is 1. The summed E-state index contributed by atoms with van der Waals surface area (Å²) in [5.41, 5.74) is 16.0. The summed E-state index contributed by atoms with van der Waals surface area (Å²) in [6.45, 7) is 9.38. The highest BCUT2D eigenvalue weighted by Gasteiger charge is 2.59. The Morgan fingerprint density at radius 1 is 0.933 bits per heavy atom. The molecule has 3 aliphatic rings. The normalized spacial score (nSPS) is 31.7. The standard InChI is InChI=1S/C29H35N/c1-20-11-5-6-12-21(20)17-29-19-22(29)18-28(4,30)25-15-9-7-13-23(25)27(2,3)24-14-8-10-16-26(24)29/h5-8,10-14,16,22H,9,15,17-19,30H2,1-4H3/t22-,28-,29+/m1/s1. The molecule has 0 amide bonds. The Morgan fingerprint density at radius 3 is 2.40 bits per heavy atom. The summed E-state index contributed by atoms with van der Waals surface area (Å²) < 4.78 is 0. The van der Waals surface area contributed by atoms with E-state index in [1.165, 1.54) is 34.3 Å². The Balaban J connectivity index is 1.71. The number of allylic oxidation sites excluding steroid dienone is 3. The predicted molar refractivity (Wildman–Crippen MR) is 127 cm³/mol. The van der Waals surface area contributed by atoms with Crippen LogP contribution >= 0.6 is 0 Å². The Bertz CT molecular complexity index is 1050. The molecular weight excluding hydrogens is 362 g/mol. The lowest BCUT2D eigenvalue weighted by molar-refractivity contribution is 0.422. The van der Waals surface area contributed by atoms with Crippen LogP contribution in [-0.4, -0.2) is 5.54 Å². The van der Waals surface area contributed by atoms with Gasteiger partial charge in [0.2, 0.25) is 0 Å². The van der Waals surface area contributed by atoms with E-state index in [9.17, 15) is 0 Å². The number of aryl methyl sites for hydroxylation is 1. The summed E-state index contributed by atoms with van der Waals surface area (Å²) in [5.74, 6) is 0.641. The van der Waals surface area contributed by atoms with Crippen molar-refractivity contribution < 1.29 is 0 Å². The van der Waals surface area contributed by atoms with E-state index in [1.807, 2.05) is 0 Å². The average Bonchev–Trinajstić information content (AvgIpc) is 3.41. The van der Waals surface area contributed by atoms with Crippen LogP contribution in [0.5, 0.6) is 0 Å². The topological polar surface area (TPSA) is 26.0 Å². The second kappa shape index (κ2) is 6.69. The molecule has 156 valence electrons. The lowest BCUT2D eigenvalue weighted by Gasteiger charge is -2.38. The van der Waals surface area contributed by atoms with Gasteiger partial charge in [0.1, 0.15) is 0 Å². The van der Waals surface area contributed by atoms with Crippen molar-refractivity contribution >= 4 is 0 Å². The summed E-state index contributed by atoms with van der Waals surface area (Å²) in [5, 5.41) is 0. The molecule has 1 heteroatoms. The molecule has 30 heavy (non-hydrogen) atoms. The molecule has 1 saturated carbocycles. The predicted octanol–water partition coefficient (Wildman–Crippen LogP) is 6.54. The first-order valence-corrected chi connectivity index (χ1v) is 11.6. The number of benzene rings is 2. The first-order valence-electron chi connectivity index (χ1n) is 11.6. The maximum absolute atomic E-state index is 7.13. The molecule has 0 bridgehead atoms. The minimum atomic E-state index is -0.239. The second-order valence-electron chi connectivity index (χ2n) is 10.8. The van der Waals surface area contributed by atoms with Gasteiger partial charge in [-0.3, -0.25) is 0 Å². The smallest absolute Gasteiger partial charge is 0.0349 e. The number of rotatable bonds is 2. The maximum atomic E-state index is 7.13. The number of hydrogen-bond acceptors (Lipinski definition) is 1. The van der Waals surface area contributed by atoms with Gasteiger partial charge >= 0.3 is 0 Å². The molecule has 2 N–H and O–H groups in total. The van der Waals surface area contributed by atoms with Gasteiger partial charge in [0, 0.05) is 16.4 Å². The lowest BCUT2D eigenvalue weighted by atomic mass is 9.68. The molecular formula is C29H35N. The first-order chi connectivity index (χ1) is 14.3. The van der Waals surface area contributed by atoms with E-state index in [-0.39, 0.29) is 16.4 Å². The molecule has 5 rings (SSSR count). The largest absolute Gasteiger partial charge is 0.322 e. The fourth-order valence-corrected chi connectivity index (χ4v) is 6.52. The van der Waals surface area contributed by atoms with E-state index in [0.717, 1.165) is 25.7 Å². The van der Waals surface area contributed by atoms with Crippen LogP contribution in [0.1, 0.15) is 68.7 Å². The highest BCUT2D eigenvalue weighted by molar-refractivity contribution is 5.55. The Morgan fingerprint density at radius 2 is 1.63 bits per heavy atom. The molecule has 0 aliphatic heterocycles. The fourth-order valence-electron chi connectivity index (χ4n) is 6.52. The van der Waals surface area contributed by atoms with Gasteiger partial charge in [-0.25, -0.2) is 0 Å². The van der Waals surface area contributed by atoms with Crippen molar-refractivity contribution in [3.05, 3.63) is 94.1 Å². The van der Waals surface area contributed by atoms with Gasteiger partial charge in [-0.05, 0) is 85.3 Å². The fraction of sp³-hybridized carbons (Fsp3) is 0.448. The summed E-state index contributed by atoms with van der Waals surface area (Å²) in [7, 11) is 0. The van der Waals surface area contributed by atoms with Crippen molar-refractivity contribution in [2.75, 3.05) is 0 Å². The zero-order valence-electron chi connectivity index (χ0n) is 19.0. The SMILES string of the molecule is Cc1ccccc1C[C@]12C[C@H]1C[C@@](C)(N)C1=C(C=CCC1)C(C)(C)c1ccccc12. The van der Waals surface area contributed by atoms with E-state index in [2.05, 4.69) is 88.4 Å². The molecule has 3 aliphatic carbocycles. The first kappa shape index (κ1) is 19.8. The Hall–Kier alpha value is -2.12. The monoisotopic (exact) mass is 397 g/mol. The van der Waals surface area contributed by atoms with E-state index in [1.54, 1.807) is 5.56 Å². The molecule has 0 radical (unpaired) electrons. The van der Waals surface area contributed by atoms with Crippen LogP contribution in [0, 0.1) is 12.8 Å². The van der Waals surface area contributed by atoms with Gasteiger partial charge in [0.25, 0.3) is 0 Å². The van der Waals surface area contributed by atoms with Gasteiger partial charge in [-0.1, -0.05) is 74.5 Å². The molecule has 2 aromatic rings. The molecule has 0 aromatic heterocycles. The van der Waals surface area contributed by atoms with Gasteiger partial charge in [-0.2, -0.15) is 0 Å². The molecule has 0 spiro atoms. The molecule has 2 aromatic carbocycles. The molecule has 0 heterocycles. The van der Waals surface area contributed by atoms with E-state index in [4.69, 9.17) is 5.73 Å². The zero-order chi connectivity index (χ0) is 21.1. The minimum Gasteiger partial charge on any atom is -0.322 e. The van der Waals surface area contributed by atoms with Crippen LogP contribution in [0.3, 0.4) is 0 Å². The Kier molecular flexibility index (Phi) is 4.42. The van der Waals surface area contributed by atoms with Crippen LogP contribution in [0.15, 0.2) is 71.8 Å². The van der Waals surface area contributed by atoms with Crippen LogP contribution in [-0.2, 0) is 17.3 Å². The maximum Gasteiger partial charge on any atom is 0.0349 e. The van der Waals surface area contributed by atoms with Crippen molar-refractivity contribution in [1.29, 1.82) is 0 Å². The molecule has 1 nitrogen and oxygen atoms in total. The summed E-state index contributed by atoms with van der Waals surface area (Å²) in [6, 6.07) is 18.2. The molecule has 1 fully saturated rings. The molecule has 0 saturated heterocycles. The van der Waals surface area contributed by atoms with Crippen molar-refractivity contribution in [1.82, 2.24) is 0 Å². The van der Waals surface area contributed by atoms with Gasteiger partial charge in [0.05, 0.1) is 0 Å². The van der Waals surface area contributed by atoms with Crippen molar-refractivity contribution in [3.8, 4) is 0 Å². The van der Waals surface area contributed by atoms with Crippen LogP contribution in [0.2, 0.25) is 0 Å². The third-order valence-electron chi connectivity index (χ3n) is 8.34. The minimum absolute atomic E-state index is 0.0420. The van der Waals surface area contributed by atoms with Crippen molar-refractivity contribution in [2.24, 2.45) is 11.7 Å². The van der Waals surface area contributed by atoms with E-state index >= 15 is 0 Å². The van der Waals surface area contributed by atoms with Crippen LogP contribution < -0.4 is 5.73 Å². The number of hydrogen-bond donors (Lipinski definition) is 1. The van der Waals surface area contributed by atoms with Crippen LogP contribution in [0.25, 0.3) is 0 Å². The van der Waals surface area contributed by atoms with Gasteiger partial charge in [0.15, 0.2) is 0 Å². The Labute approximate surface area is 182 Å². The molecule has 3 atom stereocenters. The third-order valence-corrected chi connectivity index (χ3v) is 8.34. The summed E-state index contributed by atoms with van der Waals surface area (Å²) in [6.07, 6.45) is 10.4. The second-order valence-corrected chi connectivity index (χ2v) is 10.8. The lowest BCUT2D eigenvalue weighted by Crippen LogP contribution is -2.42. The van der Waals surface area contributed by atoms with Gasteiger partial charge in [-0.15, -0.1) is 0 Å². The quantitative estimate of drug-likeness (QED) is 0.611. The molecule has 0 unspecified atom stereocenters. The van der Waals surface area contributed by atoms with Crippen molar-refractivity contribution in [3.63, 3.8) is 0 Å². The van der Waals surface area contributed by atoms with Crippen LogP contribution in [0.4, 0.5) is 0 Å². The zero-order valence-corrected chi connectivity index (χ0v) is 19.0. The summed E-state index contributed by atoms with van der Waals surface area (Å²) in [4.78, 5) is 0. The third kappa shape index (κ3) is 2.94. The highest BCUT2D eigenvalue weighted by atomic mass is 14.8. The summed E-state index contributed by atoms with van der Waals surface area (Å²) >= 11 is 0. The highest BCUT2D eigenvalue weighted by Crippen LogP contribution is 2.63. The average molecular weight is 398 g/mol. The van der Waals surface area contributed by atoms with Gasteiger partial charge < -0.3 is 5.73 Å².